The van der Waals surface area contributed by atoms with E-state index in [1.165, 1.54) is 82.0 Å². The Kier molecular flexibility index (Phi) is 5.54. The summed E-state index contributed by atoms with van der Waals surface area (Å²) in [5.41, 5.74) is 2.91. The van der Waals surface area contributed by atoms with Crippen LogP contribution in [0.3, 0.4) is 0 Å². The van der Waals surface area contributed by atoms with Crippen LogP contribution < -0.4 is 15.1 Å². The van der Waals surface area contributed by atoms with Gasteiger partial charge in [-0.1, -0.05) is 37.8 Å². The Morgan fingerprint density at radius 3 is 2.32 bits per heavy atom. The normalized spacial score (nSPS) is 35.5. The summed E-state index contributed by atoms with van der Waals surface area (Å²) in [4.78, 5) is 5.23. The van der Waals surface area contributed by atoms with Gasteiger partial charge in [-0.15, -0.1) is 0 Å². The number of nitrogens with zero attached hydrogens (tertiary/aromatic N) is 2. The van der Waals surface area contributed by atoms with Gasteiger partial charge in [0.05, 0.1) is 18.0 Å². The molecule has 0 bridgehead atoms. The van der Waals surface area contributed by atoms with E-state index in [0.29, 0.717) is 0 Å². The Balaban J connectivity index is 1.14. The number of hydrogen-bond acceptors (Lipinski definition) is 3. The molecule has 1 aromatic carbocycles. The lowest BCUT2D eigenvalue weighted by Crippen LogP contribution is -2.48. The first kappa shape index (κ1) is 18.8. The third-order valence-electron chi connectivity index (χ3n) is 8.39. The van der Waals surface area contributed by atoms with Crippen molar-refractivity contribution in [2.24, 2.45) is 11.8 Å². The fourth-order valence-electron chi connectivity index (χ4n) is 6.81. The lowest BCUT2D eigenvalue weighted by molar-refractivity contribution is 0.133. The quantitative estimate of drug-likeness (QED) is 0.737. The molecule has 3 heteroatoms. The van der Waals surface area contributed by atoms with Gasteiger partial charge in [0, 0.05) is 24.7 Å². The van der Waals surface area contributed by atoms with Gasteiger partial charge in [-0.2, -0.15) is 0 Å². The van der Waals surface area contributed by atoms with E-state index in [9.17, 15) is 0 Å². The number of fused-ring (bicyclic) bond motifs is 2. The van der Waals surface area contributed by atoms with Crippen molar-refractivity contribution in [2.75, 3.05) is 23.0 Å². The van der Waals surface area contributed by atoms with E-state index >= 15 is 0 Å². The fraction of sp³-hybridized carbons (Fsp3) is 0.760. The van der Waals surface area contributed by atoms with Gasteiger partial charge in [0.1, 0.15) is 0 Å². The molecule has 1 N–H and O–H groups in total. The minimum Gasteiger partial charge on any atom is -0.352 e. The molecule has 154 valence electrons. The number of benzene rings is 1. The standard InChI is InChI=1S/C25H39N3/c1-2-27-18-28(25-10-6-5-9-24(25)27)23-15-13-21(14-16-23)26-22-12-11-19-7-3-4-8-20(19)17-22/h5-6,9-10,19-23,26H,2-4,7-8,11-18H2,1H3. The lowest BCUT2D eigenvalue weighted by atomic mass is 9.69. The van der Waals surface area contributed by atoms with Gasteiger partial charge in [0.2, 0.25) is 0 Å². The third-order valence-corrected chi connectivity index (χ3v) is 8.39. The van der Waals surface area contributed by atoms with E-state index in [4.69, 9.17) is 0 Å². The molecule has 0 aromatic heterocycles. The number of hydrogen-bond donors (Lipinski definition) is 1. The van der Waals surface area contributed by atoms with E-state index in [1.807, 2.05) is 0 Å². The molecule has 1 aliphatic heterocycles. The average molecular weight is 382 g/mol. The van der Waals surface area contributed by atoms with Gasteiger partial charge >= 0.3 is 0 Å². The molecule has 4 aliphatic rings. The summed E-state index contributed by atoms with van der Waals surface area (Å²) in [6.07, 6.45) is 15.8. The van der Waals surface area contributed by atoms with Crippen LogP contribution >= 0.6 is 0 Å². The second kappa shape index (κ2) is 8.26. The summed E-state index contributed by atoms with van der Waals surface area (Å²) in [5, 5.41) is 4.11. The maximum Gasteiger partial charge on any atom is 0.0906 e. The molecule has 0 radical (unpaired) electrons. The first-order valence-electron chi connectivity index (χ1n) is 12.2. The van der Waals surface area contributed by atoms with Crippen molar-refractivity contribution in [3.63, 3.8) is 0 Å². The highest BCUT2D eigenvalue weighted by atomic mass is 15.4. The molecule has 1 aromatic rings. The number of rotatable bonds is 4. The van der Waals surface area contributed by atoms with Crippen molar-refractivity contribution >= 4 is 11.4 Å². The van der Waals surface area contributed by atoms with E-state index in [1.54, 1.807) is 0 Å². The molecule has 3 aliphatic carbocycles. The summed E-state index contributed by atoms with van der Waals surface area (Å²) in [7, 11) is 0. The molecule has 28 heavy (non-hydrogen) atoms. The summed E-state index contributed by atoms with van der Waals surface area (Å²) >= 11 is 0. The maximum atomic E-state index is 4.11. The van der Waals surface area contributed by atoms with Crippen LogP contribution in [0, 0.1) is 11.8 Å². The average Bonchev–Trinajstić information content (AvgIpc) is 3.13. The maximum absolute atomic E-state index is 4.11. The largest absolute Gasteiger partial charge is 0.352 e. The summed E-state index contributed by atoms with van der Waals surface area (Å²) in [5.74, 6) is 2.11. The van der Waals surface area contributed by atoms with Crippen molar-refractivity contribution in [2.45, 2.75) is 95.7 Å². The van der Waals surface area contributed by atoms with Crippen LogP contribution in [0.2, 0.25) is 0 Å². The van der Waals surface area contributed by atoms with E-state index in [0.717, 1.165) is 43.2 Å². The van der Waals surface area contributed by atoms with Gasteiger partial charge in [-0.3, -0.25) is 0 Å². The van der Waals surface area contributed by atoms with Gasteiger partial charge < -0.3 is 15.1 Å². The molecule has 3 nitrogen and oxygen atoms in total. The van der Waals surface area contributed by atoms with Crippen LogP contribution in [0.25, 0.3) is 0 Å². The molecular weight excluding hydrogens is 342 g/mol. The molecule has 0 saturated heterocycles. The molecule has 5 rings (SSSR count). The van der Waals surface area contributed by atoms with Gasteiger partial charge in [0.15, 0.2) is 0 Å². The molecule has 3 fully saturated rings. The highest BCUT2D eigenvalue weighted by molar-refractivity contribution is 5.76. The Labute approximate surface area is 171 Å². The predicted octanol–water partition coefficient (Wildman–Crippen LogP) is 5.55. The molecule has 0 amide bonds. The third kappa shape index (κ3) is 3.67. The number of nitrogens with one attached hydrogen (secondary N) is 1. The van der Waals surface area contributed by atoms with E-state index < -0.39 is 0 Å². The van der Waals surface area contributed by atoms with Gasteiger partial charge in [-0.25, -0.2) is 0 Å². The minimum absolute atomic E-state index is 0.727. The van der Waals surface area contributed by atoms with Crippen LogP contribution in [-0.2, 0) is 0 Å². The second-order valence-electron chi connectivity index (χ2n) is 9.94. The van der Waals surface area contributed by atoms with Crippen molar-refractivity contribution in [1.29, 1.82) is 0 Å². The lowest BCUT2D eigenvalue weighted by Gasteiger charge is -2.42. The number of anilines is 2. The zero-order valence-electron chi connectivity index (χ0n) is 17.8. The fourth-order valence-corrected chi connectivity index (χ4v) is 6.81. The van der Waals surface area contributed by atoms with Crippen LogP contribution in [-0.4, -0.2) is 31.3 Å². The highest BCUT2D eigenvalue weighted by Gasteiger charge is 2.35. The predicted molar refractivity (Wildman–Crippen MR) is 119 cm³/mol. The van der Waals surface area contributed by atoms with Crippen molar-refractivity contribution in [3.05, 3.63) is 24.3 Å². The summed E-state index contributed by atoms with van der Waals surface area (Å²) in [6, 6.07) is 11.3. The molecule has 3 atom stereocenters. The van der Waals surface area contributed by atoms with Crippen molar-refractivity contribution < 1.29 is 0 Å². The van der Waals surface area contributed by atoms with Crippen molar-refractivity contribution in [1.82, 2.24) is 5.32 Å². The Hall–Kier alpha value is -1.22. The first-order chi connectivity index (χ1) is 13.8. The van der Waals surface area contributed by atoms with Crippen LogP contribution in [0.5, 0.6) is 0 Å². The molecule has 1 heterocycles. The van der Waals surface area contributed by atoms with E-state index in [-0.39, 0.29) is 0 Å². The van der Waals surface area contributed by atoms with Crippen molar-refractivity contribution in [3.8, 4) is 0 Å². The minimum atomic E-state index is 0.727. The van der Waals surface area contributed by atoms with Gasteiger partial charge in [-0.05, 0) is 75.8 Å². The monoisotopic (exact) mass is 381 g/mol. The molecular formula is C25H39N3. The number of para-hydroxylation sites is 2. The highest BCUT2D eigenvalue weighted by Crippen LogP contribution is 2.42. The Bertz CT molecular complexity index is 651. The Morgan fingerprint density at radius 2 is 1.54 bits per heavy atom. The SMILES string of the molecule is CCN1CN(C2CCC(NC3CCC4CCCCC4C3)CC2)c2ccccc21. The summed E-state index contributed by atoms with van der Waals surface area (Å²) in [6.45, 7) is 4.47. The Morgan fingerprint density at radius 1 is 0.821 bits per heavy atom. The van der Waals surface area contributed by atoms with Crippen LogP contribution in [0.4, 0.5) is 11.4 Å². The topological polar surface area (TPSA) is 18.5 Å². The van der Waals surface area contributed by atoms with Crippen LogP contribution in [0.1, 0.15) is 77.6 Å². The molecule has 3 saturated carbocycles. The van der Waals surface area contributed by atoms with Crippen LogP contribution in [0.15, 0.2) is 24.3 Å². The smallest absolute Gasteiger partial charge is 0.0906 e. The molecule has 3 unspecified atom stereocenters. The first-order valence-corrected chi connectivity index (χ1v) is 12.2. The van der Waals surface area contributed by atoms with E-state index in [2.05, 4.69) is 46.3 Å². The summed E-state index contributed by atoms with van der Waals surface area (Å²) < 4.78 is 0. The zero-order chi connectivity index (χ0) is 18.9. The molecule has 0 spiro atoms. The zero-order valence-corrected chi connectivity index (χ0v) is 17.8. The van der Waals surface area contributed by atoms with Gasteiger partial charge in [0.25, 0.3) is 0 Å². The second-order valence-corrected chi connectivity index (χ2v) is 9.94.